The fraction of sp³-hybridized carbons (Fsp3) is 0.417. The van der Waals surface area contributed by atoms with Crippen molar-refractivity contribution in [3.63, 3.8) is 0 Å². The molecule has 0 saturated carbocycles. The monoisotopic (exact) mass is 600 g/mol. The number of amidine groups is 1. The highest BCUT2D eigenvalue weighted by molar-refractivity contribution is 9.10. The summed E-state index contributed by atoms with van der Waals surface area (Å²) in [7, 11) is 0. The van der Waals surface area contributed by atoms with Crippen LogP contribution in [0.2, 0.25) is 0 Å². The highest BCUT2D eigenvalue weighted by atomic mass is 79.9. The van der Waals surface area contributed by atoms with E-state index in [4.69, 9.17) is 9.73 Å². The second kappa shape index (κ2) is 11.3. The third-order valence-corrected chi connectivity index (χ3v) is 7.59. The molecule has 1 fully saturated rings. The Morgan fingerprint density at radius 3 is 2.81 bits per heavy atom. The normalized spacial score (nSPS) is 21.8. The number of nitrogens with one attached hydrogen (secondary N) is 1. The first kappa shape index (κ1) is 27.3. The fourth-order valence-corrected chi connectivity index (χ4v) is 5.52. The molecule has 13 heteroatoms. The van der Waals surface area contributed by atoms with Crippen molar-refractivity contribution in [2.45, 2.75) is 44.2 Å². The number of hydrogen-bond acceptors (Lipinski definition) is 8. The largest absolute Gasteiger partial charge is 0.480 e. The Kier molecular flexibility index (Phi) is 8.34. The first-order valence-corrected chi connectivity index (χ1v) is 13.2. The minimum atomic E-state index is -3.07. The summed E-state index contributed by atoms with van der Waals surface area (Å²) < 4.78 is 48.1. The summed E-state index contributed by atoms with van der Waals surface area (Å²) in [5.74, 6) is -5.12. The van der Waals surface area contributed by atoms with Gasteiger partial charge in [0.1, 0.15) is 11.9 Å². The van der Waals surface area contributed by atoms with Crippen molar-refractivity contribution in [1.29, 1.82) is 0 Å². The van der Waals surface area contributed by atoms with Crippen LogP contribution in [0.1, 0.15) is 30.3 Å². The summed E-state index contributed by atoms with van der Waals surface area (Å²) >= 11 is 4.63. The van der Waals surface area contributed by atoms with Crippen molar-refractivity contribution in [2.24, 2.45) is 4.99 Å². The molecular formula is C24H24BrF3N4O4S. The van der Waals surface area contributed by atoms with Gasteiger partial charge in [-0.3, -0.25) is 14.7 Å². The first-order valence-electron chi connectivity index (χ1n) is 11.5. The average Bonchev–Trinajstić information content (AvgIpc) is 3.35. The fourth-order valence-electron chi connectivity index (χ4n) is 4.41. The number of rotatable bonds is 8. The zero-order valence-corrected chi connectivity index (χ0v) is 22.1. The van der Waals surface area contributed by atoms with Gasteiger partial charge in [0.25, 0.3) is 5.92 Å². The zero-order chi connectivity index (χ0) is 26.7. The lowest BCUT2D eigenvalue weighted by molar-refractivity contribution is -0.151. The van der Waals surface area contributed by atoms with Crippen molar-refractivity contribution < 1.29 is 32.6 Å². The van der Waals surface area contributed by atoms with Gasteiger partial charge in [0.2, 0.25) is 0 Å². The van der Waals surface area contributed by atoms with Crippen LogP contribution in [0.4, 0.5) is 13.2 Å². The highest BCUT2D eigenvalue weighted by Crippen LogP contribution is 2.33. The van der Waals surface area contributed by atoms with Crippen molar-refractivity contribution in [3.05, 3.63) is 61.9 Å². The third-order valence-electron chi connectivity index (χ3n) is 6.08. The van der Waals surface area contributed by atoms with Crippen LogP contribution in [0, 0.1) is 5.82 Å². The Morgan fingerprint density at radius 2 is 2.16 bits per heavy atom. The molecule has 1 aromatic heterocycles. The number of carboxylic acid groups (broad SMARTS) is 1. The Labute approximate surface area is 223 Å². The molecule has 1 aromatic carbocycles. The minimum absolute atomic E-state index is 0.0607. The summed E-state index contributed by atoms with van der Waals surface area (Å²) in [5, 5.41) is 15.0. The maximum Gasteiger partial charge on any atom is 0.338 e. The smallest absolute Gasteiger partial charge is 0.338 e. The van der Waals surface area contributed by atoms with Gasteiger partial charge in [-0.2, -0.15) is 0 Å². The molecule has 3 heterocycles. The molecule has 37 heavy (non-hydrogen) atoms. The van der Waals surface area contributed by atoms with E-state index in [1.807, 2.05) is 0 Å². The number of alkyl halides is 2. The lowest BCUT2D eigenvalue weighted by Gasteiger charge is -2.38. The predicted molar refractivity (Wildman–Crippen MR) is 134 cm³/mol. The van der Waals surface area contributed by atoms with Gasteiger partial charge < -0.3 is 15.2 Å². The van der Waals surface area contributed by atoms with Crippen molar-refractivity contribution >= 4 is 45.0 Å². The maximum atomic E-state index is 14.3. The van der Waals surface area contributed by atoms with E-state index < -0.39 is 48.7 Å². The molecular weight excluding hydrogens is 577 g/mol. The van der Waals surface area contributed by atoms with E-state index in [0.717, 1.165) is 4.90 Å². The second-order valence-electron chi connectivity index (χ2n) is 8.66. The van der Waals surface area contributed by atoms with E-state index in [9.17, 15) is 27.9 Å². The van der Waals surface area contributed by atoms with Gasteiger partial charge in [0.05, 0.1) is 24.8 Å². The summed E-state index contributed by atoms with van der Waals surface area (Å²) in [4.78, 5) is 35.2. The van der Waals surface area contributed by atoms with Gasteiger partial charge >= 0.3 is 11.9 Å². The van der Waals surface area contributed by atoms with Crippen LogP contribution in [0.5, 0.6) is 0 Å². The number of halogens is 4. The zero-order valence-electron chi connectivity index (χ0n) is 19.7. The molecule has 2 aromatic rings. The van der Waals surface area contributed by atoms with Gasteiger partial charge in [-0.15, -0.1) is 11.3 Å². The molecule has 2 N–H and O–H groups in total. The van der Waals surface area contributed by atoms with Gasteiger partial charge in [0, 0.05) is 41.1 Å². The number of carboxylic acids is 1. The minimum Gasteiger partial charge on any atom is -0.480 e. The van der Waals surface area contributed by atoms with E-state index in [0.29, 0.717) is 20.9 Å². The number of piperidine rings is 1. The lowest BCUT2D eigenvalue weighted by atomic mass is 9.94. The number of thiazole rings is 1. The summed E-state index contributed by atoms with van der Waals surface area (Å²) in [6, 6.07) is 2.17. The maximum absolute atomic E-state index is 14.3. The number of aliphatic carboxylic acids is 1. The standard InChI is InChI=1S/C24H24BrF3N4O4S/c1-2-36-23(35)19-16(9-13-3-4-14(26)10-15(13)25)30-20(21-29-7-8-37-21)31-17(19)11-32-12-24(27,28)6-5-18(32)22(33)34/h3-4,7-8,10,16,18H,2,5-6,9,11-12H2,1H3,(H,30,31)(H,33,34)/t16?,18-/m1/s1. The summed E-state index contributed by atoms with van der Waals surface area (Å²) in [5.41, 5.74) is 0.965. The molecule has 2 atom stereocenters. The number of aliphatic imine (C=N–C) groups is 1. The number of likely N-dealkylation sites (tertiary alicyclic amines) is 1. The van der Waals surface area contributed by atoms with Crippen molar-refractivity contribution in [1.82, 2.24) is 15.2 Å². The van der Waals surface area contributed by atoms with Crippen LogP contribution >= 0.6 is 27.3 Å². The van der Waals surface area contributed by atoms with Crippen LogP contribution in [0.15, 0.2) is 50.5 Å². The van der Waals surface area contributed by atoms with E-state index in [1.54, 1.807) is 24.6 Å². The van der Waals surface area contributed by atoms with Crippen molar-refractivity contribution in [2.75, 3.05) is 19.7 Å². The molecule has 4 rings (SSSR count). The Balaban J connectivity index is 1.78. The SMILES string of the molecule is CCOC(=O)C1=C(CN2CC(F)(F)CC[C@@H]2C(=O)O)NC(c2nccs2)=NC1Cc1ccc(F)cc1Br. The quantitative estimate of drug-likeness (QED) is 0.441. The predicted octanol–water partition coefficient (Wildman–Crippen LogP) is 4.01. The van der Waals surface area contributed by atoms with Gasteiger partial charge in [-0.05, 0) is 31.0 Å². The number of hydrogen-bond donors (Lipinski definition) is 2. The van der Waals surface area contributed by atoms with Crippen molar-refractivity contribution in [3.8, 4) is 0 Å². The van der Waals surface area contributed by atoms with Gasteiger partial charge in [0.15, 0.2) is 10.8 Å². The number of aromatic nitrogens is 1. The third kappa shape index (κ3) is 6.39. The molecule has 0 spiro atoms. The van der Waals surface area contributed by atoms with Crippen LogP contribution < -0.4 is 5.32 Å². The molecule has 2 aliphatic heterocycles. The number of nitrogens with zero attached hydrogens (tertiary/aromatic N) is 3. The number of carbonyl (C=O) groups is 2. The molecule has 0 bridgehead atoms. The number of ether oxygens (including phenoxy) is 1. The Hall–Kier alpha value is -2.77. The molecule has 0 radical (unpaired) electrons. The Morgan fingerprint density at radius 1 is 1.38 bits per heavy atom. The van der Waals surface area contributed by atoms with Crippen LogP contribution in [-0.4, -0.2) is 70.5 Å². The molecule has 8 nitrogen and oxygen atoms in total. The van der Waals surface area contributed by atoms with E-state index in [2.05, 4.69) is 26.2 Å². The molecule has 198 valence electrons. The average molecular weight is 601 g/mol. The van der Waals surface area contributed by atoms with Gasteiger partial charge in [-0.25, -0.2) is 22.9 Å². The van der Waals surface area contributed by atoms with Crippen LogP contribution in [0.3, 0.4) is 0 Å². The Bertz CT molecular complexity index is 1240. The molecule has 1 saturated heterocycles. The number of carbonyl (C=O) groups excluding carboxylic acids is 1. The molecule has 1 unspecified atom stereocenters. The lowest BCUT2D eigenvalue weighted by Crippen LogP contribution is -2.54. The number of esters is 1. The first-order chi connectivity index (χ1) is 17.6. The van der Waals surface area contributed by atoms with E-state index >= 15 is 0 Å². The highest BCUT2D eigenvalue weighted by Gasteiger charge is 2.44. The van der Waals surface area contributed by atoms with E-state index in [1.165, 1.54) is 23.5 Å². The summed E-state index contributed by atoms with van der Waals surface area (Å²) in [6.45, 7) is 0.649. The molecule has 0 aliphatic carbocycles. The number of benzene rings is 1. The molecule has 2 aliphatic rings. The van der Waals surface area contributed by atoms with Gasteiger partial charge in [-0.1, -0.05) is 22.0 Å². The van der Waals surface area contributed by atoms with Crippen LogP contribution in [0.25, 0.3) is 0 Å². The van der Waals surface area contributed by atoms with E-state index in [-0.39, 0.29) is 37.3 Å². The summed E-state index contributed by atoms with van der Waals surface area (Å²) in [6.07, 6.45) is 0.966. The molecule has 0 amide bonds. The topological polar surface area (TPSA) is 104 Å². The van der Waals surface area contributed by atoms with Crippen LogP contribution in [-0.2, 0) is 20.7 Å². The second-order valence-corrected chi connectivity index (χ2v) is 10.4.